The van der Waals surface area contributed by atoms with Gasteiger partial charge in [0.2, 0.25) is 0 Å². The first-order chi connectivity index (χ1) is 38.7. The molecule has 0 aliphatic heterocycles. The molecule has 9 aliphatic carbocycles. The summed E-state index contributed by atoms with van der Waals surface area (Å²) in [6.45, 7) is 0.0629. The Hall–Kier alpha value is -3.31. The van der Waals surface area contributed by atoms with E-state index in [1.807, 2.05) is 0 Å². The zero-order chi connectivity index (χ0) is 56.0. The topological polar surface area (TPSA) is 136 Å². The van der Waals surface area contributed by atoms with E-state index in [9.17, 15) is 37.7 Å². The van der Waals surface area contributed by atoms with Gasteiger partial charge in [-0.25, -0.2) is 9.59 Å². The summed E-state index contributed by atoms with van der Waals surface area (Å²) in [5.74, 6) is 0.567. The Morgan fingerprint density at radius 1 is 0.494 bits per heavy atom. The molecular weight excluding hydrogens is 1180 g/mol. The summed E-state index contributed by atoms with van der Waals surface area (Å²) in [6, 6.07) is 53.9. The number of ether oxygens (including phenoxy) is 2. The van der Waals surface area contributed by atoms with Crippen molar-refractivity contribution in [2.24, 2.45) is 46.3 Å². The Balaban J connectivity index is 0.000000176. The molecule has 5 aromatic rings. The van der Waals surface area contributed by atoms with E-state index in [-0.39, 0.29) is 95.2 Å². The zero-order valence-electron chi connectivity index (χ0n) is 45.5. The van der Waals surface area contributed by atoms with Gasteiger partial charge in [0.05, 0.1) is 35.0 Å². The van der Waals surface area contributed by atoms with Crippen LogP contribution in [0, 0.1) is 46.3 Å². The molecule has 0 spiro atoms. The van der Waals surface area contributed by atoms with Gasteiger partial charge in [-0.1, -0.05) is 111 Å². The minimum Gasteiger partial charge on any atom is -1.00 e. The molecule has 0 atom stereocenters. The smallest absolute Gasteiger partial charge is 1.00 e. The first-order valence-corrected chi connectivity index (χ1v) is 31.2. The average Bonchev–Trinajstić information content (AvgIpc) is 3.58. The Kier molecular flexibility index (Phi) is 27.0. The van der Waals surface area contributed by atoms with Gasteiger partial charge in [0.1, 0.15) is 29.0 Å². The molecule has 5 aromatic carbocycles. The number of allylic oxidation sites excluding steroid dienone is 4. The fourth-order valence-electron chi connectivity index (χ4n) is 14.1. The van der Waals surface area contributed by atoms with Gasteiger partial charge in [-0.2, -0.15) is 26.2 Å². The third-order valence-corrected chi connectivity index (χ3v) is 21.9. The monoisotopic (exact) mass is 1250 g/mol. The molecule has 9 aliphatic rings. The van der Waals surface area contributed by atoms with Crippen molar-refractivity contribution in [3.63, 3.8) is 0 Å². The van der Waals surface area contributed by atoms with Crippen LogP contribution in [-0.4, -0.2) is 35.7 Å². The number of benzene rings is 5. The summed E-state index contributed by atoms with van der Waals surface area (Å²) >= 11 is -1.28. The predicted molar refractivity (Wildman–Crippen MR) is 304 cm³/mol. The van der Waals surface area contributed by atoms with Gasteiger partial charge in [0.25, 0.3) is 0 Å². The van der Waals surface area contributed by atoms with Gasteiger partial charge in [0, 0.05) is 17.3 Å². The second-order valence-electron chi connectivity index (χ2n) is 22.2. The number of carbonyl (C=O) groups is 2. The molecule has 0 aromatic heterocycles. The fraction of sp³-hybridized carbons (Fsp3) is 0.429. The molecular formula is C63H70ClF4NaO10S4. The summed E-state index contributed by atoms with van der Waals surface area (Å²) in [6.07, 6.45) is 22.2. The maximum absolute atomic E-state index is 13.3. The van der Waals surface area contributed by atoms with Gasteiger partial charge >= 0.3 is 52.0 Å². The normalized spacial score (nSPS) is 24.8. The summed E-state index contributed by atoms with van der Waals surface area (Å²) in [4.78, 5) is 31.3. The first-order valence-electron chi connectivity index (χ1n) is 27.2. The second-order valence-corrected chi connectivity index (χ2v) is 28.0. The molecule has 10 nitrogen and oxygen atoms in total. The predicted octanol–water partition coefficient (Wildman–Crippen LogP) is 8.80. The molecule has 442 valence electrons. The van der Waals surface area contributed by atoms with E-state index in [1.165, 1.54) is 69.4 Å². The largest absolute Gasteiger partial charge is 1.00 e. The van der Waals surface area contributed by atoms with Gasteiger partial charge < -0.3 is 32.4 Å². The Morgan fingerprint density at radius 2 is 0.771 bits per heavy atom. The summed E-state index contributed by atoms with van der Waals surface area (Å²) in [5, 5.41) is 16.9. The molecule has 0 heterocycles. The van der Waals surface area contributed by atoms with Gasteiger partial charge in [-0.15, -0.1) is 0 Å². The van der Waals surface area contributed by atoms with Gasteiger partial charge in [0.15, 0.2) is 24.5 Å². The van der Waals surface area contributed by atoms with Crippen molar-refractivity contribution in [3.8, 4) is 0 Å². The molecule has 0 N–H and O–H groups in total. The number of hydrogen-bond acceptors (Lipinski definition) is 12. The number of hydrogen-bond donors (Lipinski definition) is 0. The van der Waals surface area contributed by atoms with Crippen LogP contribution in [0.4, 0.5) is 17.6 Å². The number of alkyl halides is 4. The number of carbonyl (C=O) groups excluding carboxylic acids is 2. The van der Waals surface area contributed by atoms with E-state index < -0.39 is 46.5 Å². The van der Waals surface area contributed by atoms with E-state index in [4.69, 9.17) is 9.47 Å². The van der Waals surface area contributed by atoms with Crippen molar-refractivity contribution in [1.29, 1.82) is 0 Å². The molecule has 20 heteroatoms. The first kappa shape index (κ1) is 68.8. The summed E-state index contributed by atoms with van der Waals surface area (Å²) < 4.78 is 70.0. The Labute approximate surface area is 528 Å². The van der Waals surface area contributed by atoms with Crippen molar-refractivity contribution < 1.29 is 108 Å². The minimum atomic E-state index is -3.94. The maximum atomic E-state index is 13.3. The van der Waals surface area contributed by atoms with E-state index in [1.54, 1.807) is 4.91 Å². The van der Waals surface area contributed by atoms with Crippen LogP contribution in [0.3, 0.4) is 0 Å². The Morgan fingerprint density at radius 3 is 1.02 bits per heavy atom. The SMILES string of the molecule is C.C1=CCCC([S+](c2ccccc2)c2ccccc2)=C1.O=C(OCC12CC3CC(CC(C3)C1)C2)C(F)(F)SOO[O-].O=C(OCC12CC3CC(CC(C3)C1)C2)C(F)(F)SOO[O-].[Cl-].[Na+].c1ccc([S+](c2ccccc2)c2ccccc2)cc1. The van der Waals surface area contributed by atoms with Crippen molar-refractivity contribution >= 4 is 57.8 Å². The van der Waals surface area contributed by atoms with Crippen LogP contribution in [0.5, 0.6) is 0 Å². The number of rotatable bonds is 18. The van der Waals surface area contributed by atoms with Crippen molar-refractivity contribution in [2.75, 3.05) is 13.2 Å². The Bertz CT molecular complexity index is 2540. The van der Waals surface area contributed by atoms with Crippen molar-refractivity contribution in [3.05, 3.63) is 175 Å². The van der Waals surface area contributed by atoms with Crippen LogP contribution < -0.4 is 52.5 Å². The number of esters is 2. The number of halogens is 5. The van der Waals surface area contributed by atoms with E-state index in [2.05, 4.69) is 189 Å². The molecule has 8 saturated carbocycles. The van der Waals surface area contributed by atoms with Crippen LogP contribution in [0.1, 0.15) is 97.3 Å². The maximum Gasteiger partial charge on any atom is 1.00 e. The van der Waals surface area contributed by atoms with Crippen LogP contribution in [-0.2, 0) is 59.6 Å². The van der Waals surface area contributed by atoms with Crippen LogP contribution in [0.25, 0.3) is 0 Å². The third-order valence-electron chi connectivity index (χ3n) is 16.3. The van der Waals surface area contributed by atoms with Crippen LogP contribution in [0.15, 0.2) is 199 Å². The van der Waals surface area contributed by atoms with Crippen LogP contribution in [0.2, 0.25) is 0 Å². The molecule has 8 bridgehead atoms. The van der Waals surface area contributed by atoms with Crippen molar-refractivity contribution in [1.82, 2.24) is 0 Å². The average molecular weight is 1250 g/mol. The molecule has 0 unspecified atom stereocenters. The van der Waals surface area contributed by atoms with E-state index >= 15 is 0 Å². The molecule has 0 amide bonds. The standard InChI is InChI=1S/C18H17S.C18H15S.2C13H18F2O5S.CH4.ClH.Na/c2*1-4-10-16(11-5-1)19(17-12-6-2-7-13-17)18-14-8-3-9-15-18;2*14-13(15,21-20-19-17)11(16)18-7-12-4-8-1-9(5-12)3-10(2-8)6-12;;;/h1-8,10-14H,9,15H2;1-15H;2*8-10,17H,1-7H2;1H4;1H;/q2*+1;;;;;+1/p-3. The minimum absolute atomic E-state index is 0. The summed E-state index contributed by atoms with van der Waals surface area (Å²) in [7, 11) is 0.0575. The third kappa shape index (κ3) is 18.9. The van der Waals surface area contributed by atoms with Crippen LogP contribution >= 0.6 is 24.1 Å². The van der Waals surface area contributed by atoms with Gasteiger partial charge in [-0.05, 0) is 186 Å². The fourth-order valence-corrected chi connectivity index (χ4v) is 19.0. The second kappa shape index (κ2) is 32.6. The molecule has 8 fully saturated rings. The molecule has 83 heavy (non-hydrogen) atoms. The van der Waals surface area contributed by atoms with E-state index in [0.29, 0.717) is 35.5 Å². The zero-order valence-corrected chi connectivity index (χ0v) is 51.6. The van der Waals surface area contributed by atoms with E-state index in [0.717, 1.165) is 44.9 Å². The quantitative estimate of drug-likeness (QED) is 0.0158. The molecule has 0 saturated heterocycles. The molecule has 14 rings (SSSR count). The van der Waals surface area contributed by atoms with Crippen molar-refractivity contribution in [2.45, 2.75) is 132 Å². The summed E-state index contributed by atoms with van der Waals surface area (Å²) in [5.41, 5.74) is -0.248. The molecule has 0 radical (unpaired) electrons. The van der Waals surface area contributed by atoms with Gasteiger partial charge in [-0.3, -0.25) is 10.1 Å².